The van der Waals surface area contributed by atoms with Crippen LogP contribution in [0.4, 0.5) is 4.39 Å². The molecule has 19 heavy (non-hydrogen) atoms. The van der Waals surface area contributed by atoms with Crippen molar-refractivity contribution in [1.29, 1.82) is 0 Å². The van der Waals surface area contributed by atoms with Gasteiger partial charge in [-0.25, -0.2) is 4.39 Å². The van der Waals surface area contributed by atoms with Gasteiger partial charge < -0.3 is 10.5 Å². The molecule has 0 spiro atoms. The Morgan fingerprint density at radius 1 is 1.11 bits per heavy atom. The normalized spacial score (nSPS) is 12.4. The summed E-state index contributed by atoms with van der Waals surface area (Å²) in [5.74, 6) is -0.244. The summed E-state index contributed by atoms with van der Waals surface area (Å²) in [5.41, 5.74) is 8.81. The van der Waals surface area contributed by atoms with Crippen LogP contribution in [-0.4, -0.2) is 6.61 Å². The van der Waals surface area contributed by atoms with Gasteiger partial charge in [-0.1, -0.05) is 48.0 Å². The quantitative estimate of drug-likeness (QED) is 0.893. The minimum Gasteiger partial charge on any atom is -0.375 e. The largest absolute Gasteiger partial charge is 0.375 e. The Morgan fingerprint density at radius 2 is 1.79 bits per heavy atom. The summed E-state index contributed by atoms with van der Waals surface area (Å²) in [6.07, 6.45) is 0. The van der Waals surface area contributed by atoms with E-state index >= 15 is 0 Å². The molecule has 0 amide bonds. The first-order chi connectivity index (χ1) is 9.16. The van der Waals surface area contributed by atoms with Crippen molar-refractivity contribution in [2.24, 2.45) is 5.73 Å². The maximum Gasteiger partial charge on any atom is 0.128 e. The summed E-state index contributed by atoms with van der Waals surface area (Å²) < 4.78 is 18.9. The number of rotatable bonds is 5. The number of aryl methyl sites for hydroxylation is 1. The number of benzene rings is 2. The molecule has 0 fully saturated rings. The van der Waals surface area contributed by atoms with Crippen molar-refractivity contribution in [3.8, 4) is 0 Å². The maximum absolute atomic E-state index is 13.4. The highest BCUT2D eigenvalue weighted by atomic mass is 19.1. The van der Waals surface area contributed by atoms with E-state index in [-0.39, 0.29) is 18.5 Å². The molecule has 0 saturated heterocycles. The Bertz CT molecular complexity index is 525. The molecule has 3 heteroatoms. The van der Waals surface area contributed by atoms with Gasteiger partial charge >= 0.3 is 0 Å². The van der Waals surface area contributed by atoms with Crippen LogP contribution in [0.5, 0.6) is 0 Å². The molecular weight excluding hydrogens is 241 g/mol. The highest BCUT2D eigenvalue weighted by molar-refractivity contribution is 5.24. The van der Waals surface area contributed by atoms with Crippen molar-refractivity contribution in [3.05, 3.63) is 71.0 Å². The van der Waals surface area contributed by atoms with Crippen LogP contribution in [0.1, 0.15) is 22.7 Å². The van der Waals surface area contributed by atoms with Gasteiger partial charge in [0.2, 0.25) is 0 Å². The third-order valence-electron chi connectivity index (χ3n) is 3.02. The summed E-state index contributed by atoms with van der Waals surface area (Å²) in [6, 6.07) is 14.4. The third kappa shape index (κ3) is 3.88. The van der Waals surface area contributed by atoms with Gasteiger partial charge in [-0.3, -0.25) is 0 Å². The first-order valence-corrected chi connectivity index (χ1v) is 6.30. The van der Waals surface area contributed by atoms with Crippen LogP contribution in [0.2, 0.25) is 0 Å². The van der Waals surface area contributed by atoms with Crippen LogP contribution in [0.3, 0.4) is 0 Å². The molecule has 2 nitrogen and oxygen atoms in total. The number of hydrogen-bond acceptors (Lipinski definition) is 2. The highest BCUT2D eigenvalue weighted by Crippen LogP contribution is 2.13. The predicted octanol–water partition coefficient (Wildman–Crippen LogP) is 3.35. The molecule has 0 aliphatic heterocycles. The summed E-state index contributed by atoms with van der Waals surface area (Å²) >= 11 is 0. The third-order valence-corrected chi connectivity index (χ3v) is 3.02. The van der Waals surface area contributed by atoms with Crippen LogP contribution >= 0.6 is 0 Å². The molecule has 0 bridgehead atoms. The lowest BCUT2D eigenvalue weighted by atomic mass is 10.1. The molecule has 0 aliphatic rings. The first-order valence-electron chi connectivity index (χ1n) is 6.30. The highest BCUT2D eigenvalue weighted by Gasteiger charge is 2.07. The molecule has 1 atom stereocenters. The van der Waals surface area contributed by atoms with Crippen LogP contribution in [0.15, 0.2) is 48.5 Å². The lowest BCUT2D eigenvalue weighted by Crippen LogP contribution is -2.17. The first kappa shape index (κ1) is 13.7. The van der Waals surface area contributed by atoms with Crippen molar-refractivity contribution in [2.45, 2.75) is 19.6 Å². The SMILES string of the molecule is Cc1ccc(C(N)COCc2ccccc2F)cc1. The molecule has 0 radical (unpaired) electrons. The van der Waals surface area contributed by atoms with Gasteiger partial charge in [0.15, 0.2) is 0 Å². The molecule has 2 aromatic carbocycles. The van der Waals surface area contributed by atoms with E-state index < -0.39 is 0 Å². The van der Waals surface area contributed by atoms with E-state index in [2.05, 4.69) is 0 Å². The molecule has 0 saturated carbocycles. The van der Waals surface area contributed by atoms with Crippen molar-refractivity contribution < 1.29 is 9.13 Å². The van der Waals surface area contributed by atoms with E-state index in [1.54, 1.807) is 18.2 Å². The Hall–Kier alpha value is -1.71. The minimum absolute atomic E-state index is 0.188. The number of halogens is 1. The number of nitrogens with two attached hydrogens (primary N) is 1. The Kier molecular flexibility index (Phi) is 4.66. The second-order valence-corrected chi connectivity index (χ2v) is 4.62. The zero-order valence-electron chi connectivity index (χ0n) is 11.0. The standard InChI is InChI=1S/C16H18FNO/c1-12-6-8-13(9-7-12)16(18)11-19-10-14-4-2-3-5-15(14)17/h2-9,16H,10-11,18H2,1H3. The second-order valence-electron chi connectivity index (χ2n) is 4.62. The number of ether oxygens (including phenoxy) is 1. The maximum atomic E-state index is 13.4. The van der Waals surface area contributed by atoms with Gasteiger partial charge in [0.1, 0.15) is 5.82 Å². The molecule has 2 rings (SSSR count). The fraction of sp³-hybridized carbons (Fsp3) is 0.250. The van der Waals surface area contributed by atoms with E-state index in [0.717, 1.165) is 5.56 Å². The summed E-state index contributed by atoms with van der Waals surface area (Å²) in [7, 11) is 0. The van der Waals surface area contributed by atoms with Crippen LogP contribution in [-0.2, 0) is 11.3 Å². The van der Waals surface area contributed by atoms with Crippen molar-refractivity contribution in [3.63, 3.8) is 0 Å². The van der Waals surface area contributed by atoms with Crippen molar-refractivity contribution in [1.82, 2.24) is 0 Å². The zero-order chi connectivity index (χ0) is 13.7. The Labute approximate surface area is 113 Å². The molecule has 2 aromatic rings. The van der Waals surface area contributed by atoms with E-state index in [0.29, 0.717) is 12.2 Å². The van der Waals surface area contributed by atoms with E-state index in [1.807, 2.05) is 31.2 Å². The summed E-state index contributed by atoms with van der Waals surface area (Å²) in [6.45, 7) is 2.65. The average molecular weight is 259 g/mol. The van der Waals surface area contributed by atoms with Gasteiger partial charge in [-0.15, -0.1) is 0 Å². The molecular formula is C16H18FNO. The van der Waals surface area contributed by atoms with Crippen molar-refractivity contribution >= 4 is 0 Å². The minimum atomic E-state index is -0.244. The van der Waals surface area contributed by atoms with Crippen LogP contribution in [0.25, 0.3) is 0 Å². The van der Waals surface area contributed by atoms with Gasteiger partial charge in [-0.2, -0.15) is 0 Å². The Morgan fingerprint density at radius 3 is 2.47 bits per heavy atom. The molecule has 0 aromatic heterocycles. The Balaban J connectivity index is 1.86. The van der Waals surface area contributed by atoms with Crippen LogP contribution < -0.4 is 5.73 Å². The lowest BCUT2D eigenvalue weighted by Gasteiger charge is -2.13. The van der Waals surface area contributed by atoms with Gasteiger partial charge in [0, 0.05) is 5.56 Å². The second kappa shape index (κ2) is 6.45. The fourth-order valence-corrected chi connectivity index (χ4v) is 1.82. The molecule has 1 unspecified atom stereocenters. The molecule has 2 N–H and O–H groups in total. The monoisotopic (exact) mass is 259 g/mol. The molecule has 100 valence electrons. The smallest absolute Gasteiger partial charge is 0.128 e. The zero-order valence-corrected chi connectivity index (χ0v) is 11.0. The number of hydrogen-bond donors (Lipinski definition) is 1. The topological polar surface area (TPSA) is 35.2 Å². The van der Waals surface area contributed by atoms with E-state index in [1.165, 1.54) is 11.6 Å². The average Bonchev–Trinajstić information content (AvgIpc) is 2.41. The molecule has 0 heterocycles. The van der Waals surface area contributed by atoms with Gasteiger partial charge in [-0.05, 0) is 18.6 Å². The summed E-state index contributed by atoms with van der Waals surface area (Å²) in [5, 5.41) is 0. The molecule has 0 aliphatic carbocycles. The van der Waals surface area contributed by atoms with Crippen LogP contribution in [0, 0.1) is 12.7 Å². The van der Waals surface area contributed by atoms with E-state index in [4.69, 9.17) is 10.5 Å². The van der Waals surface area contributed by atoms with Gasteiger partial charge in [0.05, 0.1) is 19.3 Å². The van der Waals surface area contributed by atoms with E-state index in [9.17, 15) is 4.39 Å². The fourth-order valence-electron chi connectivity index (χ4n) is 1.82. The summed E-state index contributed by atoms with van der Waals surface area (Å²) in [4.78, 5) is 0. The van der Waals surface area contributed by atoms with Gasteiger partial charge in [0.25, 0.3) is 0 Å². The predicted molar refractivity (Wildman–Crippen MR) is 74.2 cm³/mol. The lowest BCUT2D eigenvalue weighted by molar-refractivity contribution is 0.106. The van der Waals surface area contributed by atoms with Crippen molar-refractivity contribution in [2.75, 3.05) is 6.61 Å².